The van der Waals surface area contributed by atoms with E-state index in [2.05, 4.69) is 10.6 Å². The molecule has 4 rings (SSSR count). The van der Waals surface area contributed by atoms with Crippen molar-refractivity contribution in [3.8, 4) is 5.75 Å². The molecule has 2 aromatic rings. The number of hydrogen-bond acceptors (Lipinski definition) is 4. The van der Waals surface area contributed by atoms with Gasteiger partial charge in [0.25, 0.3) is 5.91 Å². The lowest BCUT2D eigenvalue weighted by Gasteiger charge is -2.31. The standard InChI is InChI=1S/C21H23F2N3O2/c1-28-16-4-5-19(23)13(7-16)10-25-20-9-14(22)8-17-18(20)12-26(21(17)27)15-3-2-6-24-11-15/h4-5,7-9,15,24-25H,2-3,6,10-12H2,1H3. The van der Waals surface area contributed by atoms with E-state index in [1.807, 2.05) is 4.90 Å². The van der Waals surface area contributed by atoms with Crippen LogP contribution in [0.4, 0.5) is 14.5 Å². The summed E-state index contributed by atoms with van der Waals surface area (Å²) in [5.41, 5.74) is 2.09. The van der Waals surface area contributed by atoms with Gasteiger partial charge >= 0.3 is 0 Å². The van der Waals surface area contributed by atoms with Gasteiger partial charge in [0.15, 0.2) is 0 Å². The summed E-state index contributed by atoms with van der Waals surface area (Å²) in [7, 11) is 1.52. The second-order valence-electron chi connectivity index (χ2n) is 7.22. The van der Waals surface area contributed by atoms with Crippen LogP contribution in [0.25, 0.3) is 0 Å². The molecule has 1 fully saturated rings. The van der Waals surface area contributed by atoms with Crippen molar-refractivity contribution in [2.24, 2.45) is 0 Å². The summed E-state index contributed by atoms with van der Waals surface area (Å²) in [5, 5.41) is 6.42. The summed E-state index contributed by atoms with van der Waals surface area (Å²) in [6, 6.07) is 7.27. The fraction of sp³-hybridized carbons (Fsp3) is 0.381. The number of amides is 1. The molecule has 5 nitrogen and oxygen atoms in total. The van der Waals surface area contributed by atoms with Crippen molar-refractivity contribution in [2.45, 2.75) is 32.0 Å². The molecule has 1 saturated heterocycles. The van der Waals surface area contributed by atoms with Crippen molar-refractivity contribution in [3.63, 3.8) is 0 Å². The molecule has 148 valence electrons. The highest BCUT2D eigenvalue weighted by Crippen LogP contribution is 2.33. The van der Waals surface area contributed by atoms with Crippen LogP contribution in [0.2, 0.25) is 0 Å². The van der Waals surface area contributed by atoms with Gasteiger partial charge in [-0.3, -0.25) is 4.79 Å². The Kier molecular flexibility index (Phi) is 5.17. The molecule has 1 amide bonds. The first-order valence-corrected chi connectivity index (χ1v) is 9.47. The highest BCUT2D eigenvalue weighted by molar-refractivity contribution is 6.00. The Bertz CT molecular complexity index is 897. The Morgan fingerprint density at radius 3 is 2.89 bits per heavy atom. The van der Waals surface area contributed by atoms with Crippen LogP contribution in [-0.4, -0.2) is 37.0 Å². The molecular weight excluding hydrogens is 364 g/mol. The van der Waals surface area contributed by atoms with Crippen molar-refractivity contribution in [1.29, 1.82) is 0 Å². The molecule has 1 atom stereocenters. The molecule has 28 heavy (non-hydrogen) atoms. The number of carbonyl (C=O) groups is 1. The molecule has 0 spiro atoms. The third-order valence-electron chi connectivity index (χ3n) is 5.47. The normalized spacial score (nSPS) is 18.9. The number of rotatable bonds is 5. The summed E-state index contributed by atoms with van der Waals surface area (Å²) in [4.78, 5) is 14.7. The van der Waals surface area contributed by atoms with Gasteiger partial charge in [0.05, 0.1) is 7.11 Å². The Morgan fingerprint density at radius 1 is 1.29 bits per heavy atom. The van der Waals surface area contributed by atoms with Crippen LogP contribution >= 0.6 is 0 Å². The summed E-state index contributed by atoms with van der Waals surface area (Å²) in [5.74, 6) is -0.440. The van der Waals surface area contributed by atoms with Crippen LogP contribution in [0.5, 0.6) is 5.75 Å². The number of hydrogen-bond donors (Lipinski definition) is 2. The van der Waals surface area contributed by atoms with E-state index in [1.54, 1.807) is 12.1 Å². The zero-order valence-corrected chi connectivity index (χ0v) is 15.7. The Morgan fingerprint density at radius 2 is 2.14 bits per heavy atom. The second kappa shape index (κ2) is 7.75. The van der Waals surface area contributed by atoms with Crippen LogP contribution in [0.15, 0.2) is 30.3 Å². The SMILES string of the molecule is COc1ccc(F)c(CNc2cc(F)cc3c2CN(C2CCCNC2)C3=O)c1. The summed E-state index contributed by atoms with van der Waals surface area (Å²) in [6.07, 6.45) is 1.95. The number of piperidine rings is 1. The molecule has 7 heteroatoms. The molecule has 0 aromatic heterocycles. The van der Waals surface area contributed by atoms with Crippen LogP contribution in [-0.2, 0) is 13.1 Å². The number of ether oxygens (including phenoxy) is 1. The summed E-state index contributed by atoms with van der Waals surface area (Å²) < 4.78 is 33.4. The molecular formula is C21H23F2N3O2. The van der Waals surface area contributed by atoms with E-state index >= 15 is 0 Å². The monoisotopic (exact) mass is 387 g/mol. The first kappa shape index (κ1) is 18.7. The summed E-state index contributed by atoms with van der Waals surface area (Å²) >= 11 is 0. The lowest BCUT2D eigenvalue weighted by Crippen LogP contribution is -2.46. The predicted molar refractivity (Wildman–Crippen MR) is 102 cm³/mol. The van der Waals surface area contributed by atoms with Gasteiger partial charge < -0.3 is 20.3 Å². The number of methoxy groups -OCH3 is 1. The number of anilines is 1. The van der Waals surface area contributed by atoms with Crippen molar-refractivity contribution < 1.29 is 18.3 Å². The van der Waals surface area contributed by atoms with E-state index in [0.717, 1.165) is 31.5 Å². The number of halogens is 2. The molecule has 2 aliphatic heterocycles. The number of nitrogens with one attached hydrogen (secondary N) is 2. The summed E-state index contributed by atoms with van der Waals surface area (Å²) in [6.45, 7) is 2.31. The molecule has 0 bridgehead atoms. The maximum atomic E-state index is 14.2. The minimum absolute atomic E-state index is 0.111. The minimum atomic E-state index is -0.482. The van der Waals surface area contributed by atoms with Crippen molar-refractivity contribution in [1.82, 2.24) is 10.2 Å². The van der Waals surface area contributed by atoms with Crippen LogP contribution in [0, 0.1) is 11.6 Å². The van der Waals surface area contributed by atoms with E-state index in [4.69, 9.17) is 4.74 Å². The van der Waals surface area contributed by atoms with Crippen molar-refractivity contribution in [3.05, 3.63) is 58.7 Å². The third-order valence-corrected chi connectivity index (χ3v) is 5.47. The van der Waals surface area contributed by atoms with Gasteiger partial charge in [0, 0.05) is 48.1 Å². The predicted octanol–water partition coefficient (Wildman–Crippen LogP) is 3.29. The Balaban J connectivity index is 1.57. The molecule has 2 aromatic carbocycles. The molecule has 1 unspecified atom stereocenters. The largest absolute Gasteiger partial charge is 0.497 e. The second-order valence-corrected chi connectivity index (χ2v) is 7.22. The maximum absolute atomic E-state index is 14.2. The van der Waals surface area contributed by atoms with Gasteiger partial charge in [-0.1, -0.05) is 0 Å². The number of carbonyl (C=O) groups excluding carboxylic acids is 1. The Hall–Kier alpha value is -2.67. The fourth-order valence-corrected chi connectivity index (χ4v) is 3.95. The topological polar surface area (TPSA) is 53.6 Å². The van der Waals surface area contributed by atoms with Crippen molar-refractivity contribution in [2.75, 3.05) is 25.5 Å². The lowest BCUT2D eigenvalue weighted by atomic mass is 10.1. The van der Waals surface area contributed by atoms with E-state index in [0.29, 0.717) is 29.1 Å². The van der Waals surface area contributed by atoms with Crippen LogP contribution in [0.3, 0.4) is 0 Å². The molecule has 2 heterocycles. The van der Waals surface area contributed by atoms with Gasteiger partial charge in [-0.25, -0.2) is 8.78 Å². The quantitative estimate of drug-likeness (QED) is 0.827. The number of nitrogens with zero attached hydrogens (tertiary/aromatic N) is 1. The molecule has 2 N–H and O–H groups in total. The Labute approximate surface area is 162 Å². The van der Waals surface area contributed by atoms with E-state index in [-0.39, 0.29) is 24.3 Å². The van der Waals surface area contributed by atoms with Crippen LogP contribution < -0.4 is 15.4 Å². The highest BCUT2D eigenvalue weighted by atomic mass is 19.1. The smallest absolute Gasteiger partial charge is 0.254 e. The van der Waals surface area contributed by atoms with E-state index in [9.17, 15) is 13.6 Å². The average molecular weight is 387 g/mol. The average Bonchev–Trinajstić information content (AvgIpc) is 3.04. The van der Waals surface area contributed by atoms with Gasteiger partial charge in [0.1, 0.15) is 17.4 Å². The number of fused-ring (bicyclic) bond motifs is 1. The molecule has 0 saturated carbocycles. The zero-order chi connectivity index (χ0) is 19.7. The molecule has 0 aliphatic carbocycles. The minimum Gasteiger partial charge on any atom is -0.497 e. The zero-order valence-electron chi connectivity index (χ0n) is 15.7. The van der Waals surface area contributed by atoms with Gasteiger partial charge in [0.2, 0.25) is 0 Å². The van der Waals surface area contributed by atoms with Gasteiger partial charge in [-0.2, -0.15) is 0 Å². The first-order chi connectivity index (χ1) is 13.6. The highest BCUT2D eigenvalue weighted by Gasteiger charge is 2.35. The lowest BCUT2D eigenvalue weighted by molar-refractivity contribution is 0.0674. The van der Waals surface area contributed by atoms with Gasteiger partial charge in [-0.05, 0) is 49.7 Å². The molecule has 2 aliphatic rings. The van der Waals surface area contributed by atoms with E-state index in [1.165, 1.54) is 25.3 Å². The molecule has 0 radical (unpaired) electrons. The first-order valence-electron chi connectivity index (χ1n) is 9.47. The third kappa shape index (κ3) is 3.54. The maximum Gasteiger partial charge on any atom is 0.254 e. The fourth-order valence-electron chi connectivity index (χ4n) is 3.95. The van der Waals surface area contributed by atoms with E-state index < -0.39 is 5.82 Å². The van der Waals surface area contributed by atoms with Crippen molar-refractivity contribution >= 4 is 11.6 Å². The van der Waals surface area contributed by atoms with Gasteiger partial charge in [-0.15, -0.1) is 0 Å². The van der Waals surface area contributed by atoms with Crippen LogP contribution in [0.1, 0.15) is 34.3 Å². The number of benzene rings is 2.